The van der Waals surface area contributed by atoms with Gasteiger partial charge in [-0.05, 0) is 30.2 Å². The minimum Gasteiger partial charge on any atom is -0.480 e. The van der Waals surface area contributed by atoms with Gasteiger partial charge in [-0.15, -0.1) is 0 Å². The maximum absolute atomic E-state index is 11.1. The normalized spacial score (nSPS) is 19.9. The van der Waals surface area contributed by atoms with Crippen LogP contribution in [0.3, 0.4) is 0 Å². The van der Waals surface area contributed by atoms with E-state index in [1.54, 1.807) is 6.92 Å². The van der Waals surface area contributed by atoms with E-state index in [1.807, 2.05) is 42.5 Å². The smallest absolute Gasteiger partial charge is 0.326 e. The van der Waals surface area contributed by atoms with Crippen LogP contribution in [0.5, 0.6) is 0 Å². The third-order valence-electron chi connectivity index (χ3n) is 4.33. The summed E-state index contributed by atoms with van der Waals surface area (Å²) in [5.41, 5.74) is 4.39. The Labute approximate surface area is 140 Å². The van der Waals surface area contributed by atoms with Crippen molar-refractivity contribution in [2.24, 2.45) is 0 Å². The molecular weight excluding hydrogens is 304 g/mol. The number of hydrogen-bond donors (Lipinski definition) is 3. The van der Waals surface area contributed by atoms with E-state index >= 15 is 0 Å². The number of fused-ring (bicyclic) bond motifs is 2. The van der Waals surface area contributed by atoms with Crippen molar-refractivity contribution in [3.8, 4) is 0 Å². The number of rotatable bonds is 2. The summed E-state index contributed by atoms with van der Waals surface area (Å²) in [4.78, 5) is 21.7. The molecule has 0 saturated carbocycles. The van der Waals surface area contributed by atoms with Gasteiger partial charge >= 0.3 is 5.97 Å². The first-order chi connectivity index (χ1) is 11.5. The van der Waals surface area contributed by atoms with E-state index in [9.17, 15) is 9.59 Å². The van der Waals surface area contributed by atoms with E-state index in [-0.39, 0.29) is 11.8 Å². The van der Waals surface area contributed by atoms with Gasteiger partial charge in [-0.25, -0.2) is 4.79 Å². The Morgan fingerprint density at radius 2 is 1.33 bits per heavy atom. The predicted octanol–water partition coefficient (Wildman–Crippen LogP) is 2.72. The Morgan fingerprint density at radius 1 is 0.875 bits per heavy atom. The maximum atomic E-state index is 11.1. The Hall–Kier alpha value is -2.82. The van der Waals surface area contributed by atoms with Crippen molar-refractivity contribution in [1.29, 1.82) is 0 Å². The molecule has 0 radical (unpaired) electrons. The van der Waals surface area contributed by atoms with Crippen LogP contribution in [0.2, 0.25) is 0 Å². The van der Waals surface area contributed by atoms with E-state index in [1.165, 1.54) is 5.56 Å². The number of aliphatic carboxylic acids is 1. The number of hydrogen-bond acceptors (Lipinski definition) is 4. The SMILES string of the molecule is CC(=O)C1Cc2ccccc2N1.O=C(O)C1Cc2ccccc2N1. The minimum atomic E-state index is -0.786. The van der Waals surface area contributed by atoms with Crippen LogP contribution in [0.15, 0.2) is 48.5 Å². The minimum absolute atomic E-state index is 0.00222. The zero-order chi connectivity index (χ0) is 17.1. The second-order valence-corrected chi connectivity index (χ2v) is 6.07. The van der Waals surface area contributed by atoms with E-state index in [0.717, 1.165) is 23.4 Å². The molecule has 0 saturated heterocycles. The number of para-hydroxylation sites is 2. The van der Waals surface area contributed by atoms with Gasteiger partial charge in [0.15, 0.2) is 5.78 Å². The summed E-state index contributed by atoms with van der Waals surface area (Å²) in [7, 11) is 0. The topological polar surface area (TPSA) is 78.4 Å². The van der Waals surface area contributed by atoms with Gasteiger partial charge in [0.25, 0.3) is 0 Å². The first-order valence-electron chi connectivity index (χ1n) is 7.96. The number of benzene rings is 2. The summed E-state index contributed by atoms with van der Waals surface area (Å²) in [5, 5.41) is 14.8. The van der Waals surface area contributed by atoms with Gasteiger partial charge in [0.1, 0.15) is 6.04 Å². The number of Topliss-reactive ketones (excluding diaryl/α,β-unsaturated/α-hetero) is 1. The summed E-state index contributed by atoms with van der Waals surface area (Å²) in [6.07, 6.45) is 1.43. The highest BCUT2D eigenvalue weighted by Gasteiger charge is 2.25. The lowest BCUT2D eigenvalue weighted by Crippen LogP contribution is -2.26. The van der Waals surface area contributed by atoms with Crippen molar-refractivity contribution in [3.63, 3.8) is 0 Å². The lowest BCUT2D eigenvalue weighted by molar-refractivity contribution is -0.137. The Morgan fingerprint density at radius 3 is 1.79 bits per heavy atom. The number of carbonyl (C=O) groups is 2. The van der Waals surface area contributed by atoms with Gasteiger partial charge in [-0.2, -0.15) is 0 Å². The lowest BCUT2D eigenvalue weighted by atomic mass is 10.1. The molecule has 2 aliphatic heterocycles. The molecule has 5 heteroatoms. The highest BCUT2D eigenvalue weighted by Crippen LogP contribution is 2.25. The van der Waals surface area contributed by atoms with Crippen LogP contribution in [0.4, 0.5) is 11.4 Å². The average Bonchev–Trinajstić information content (AvgIpc) is 3.19. The molecule has 3 N–H and O–H groups in total. The Balaban J connectivity index is 0.000000141. The van der Waals surface area contributed by atoms with Gasteiger partial charge in [0, 0.05) is 24.2 Å². The summed E-state index contributed by atoms with van der Waals surface area (Å²) in [6.45, 7) is 1.63. The van der Waals surface area contributed by atoms with E-state index in [2.05, 4.69) is 16.7 Å². The van der Waals surface area contributed by atoms with Crippen LogP contribution in [0, 0.1) is 0 Å². The molecule has 2 aliphatic rings. The molecule has 0 amide bonds. The van der Waals surface area contributed by atoms with Crippen molar-refractivity contribution < 1.29 is 14.7 Å². The van der Waals surface area contributed by atoms with E-state index in [4.69, 9.17) is 5.11 Å². The van der Waals surface area contributed by atoms with Crippen molar-refractivity contribution in [2.75, 3.05) is 10.6 Å². The van der Waals surface area contributed by atoms with Gasteiger partial charge in [-0.1, -0.05) is 36.4 Å². The largest absolute Gasteiger partial charge is 0.480 e. The molecule has 0 bridgehead atoms. The highest BCUT2D eigenvalue weighted by molar-refractivity contribution is 5.87. The summed E-state index contributed by atoms with van der Waals surface area (Å²) >= 11 is 0. The van der Waals surface area contributed by atoms with Gasteiger partial charge < -0.3 is 15.7 Å². The van der Waals surface area contributed by atoms with Crippen molar-refractivity contribution in [2.45, 2.75) is 31.8 Å². The molecule has 2 atom stereocenters. The van der Waals surface area contributed by atoms with Crippen LogP contribution >= 0.6 is 0 Å². The number of carboxylic acid groups (broad SMARTS) is 1. The lowest BCUT2D eigenvalue weighted by Gasteiger charge is -2.04. The molecule has 0 aromatic heterocycles. The van der Waals surface area contributed by atoms with Crippen LogP contribution in [-0.2, 0) is 22.4 Å². The highest BCUT2D eigenvalue weighted by atomic mass is 16.4. The molecular formula is C19H20N2O3. The molecule has 24 heavy (non-hydrogen) atoms. The molecule has 2 aromatic carbocycles. The number of carbonyl (C=O) groups excluding carboxylic acids is 1. The standard InChI is InChI=1S/C10H11NO.C9H9NO2/c1-7(12)10-6-8-4-2-3-5-9(8)11-10;11-9(12)8-5-6-3-1-2-4-7(6)10-8/h2-5,10-11H,6H2,1H3;1-4,8,10H,5H2,(H,11,12). The van der Waals surface area contributed by atoms with Crippen LogP contribution < -0.4 is 10.6 Å². The molecule has 0 spiro atoms. The fourth-order valence-corrected chi connectivity index (χ4v) is 2.99. The van der Waals surface area contributed by atoms with Gasteiger partial charge in [0.2, 0.25) is 0 Å². The monoisotopic (exact) mass is 324 g/mol. The van der Waals surface area contributed by atoms with Crippen LogP contribution in [0.25, 0.3) is 0 Å². The summed E-state index contributed by atoms with van der Waals surface area (Å²) < 4.78 is 0. The Bertz CT molecular complexity index is 657. The fraction of sp³-hybridized carbons (Fsp3) is 0.263. The first-order valence-corrected chi connectivity index (χ1v) is 7.96. The van der Waals surface area contributed by atoms with Crippen molar-refractivity contribution in [3.05, 3.63) is 59.7 Å². The quantitative estimate of drug-likeness (QED) is 0.792. The second-order valence-electron chi connectivity index (χ2n) is 6.07. The van der Waals surface area contributed by atoms with E-state index in [0.29, 0.717) is 6.42 Å². The van der Waals surface area contributed by atoms with Crippen molar-refractivity contribution >= 4 is 23.1 Å². The van der Waals surface area contributed by atoms with Crippen LogP contribution in [-0.4, -0.2) is 28.9 Å². The summed E-state index contributed by atoms with van der Waals surface area (Å²) in [5.74, 6) is -0.572. The first kappa shape index (κ1) is 16.1. The zero-order valence-corrected chi connectivity index (χ0v) is 13.5. The second kappa shape index (κ2) is 6.74. The predicted molar refractivity (Wildman–Crippen MR) is 93.4 cm³/mol. The number of ketones is 1. The Kier molecular flexibility index (Phi) is 4.51. The molecule has 2 aromatic rings. The van der Waals surface area contributed by atoms with Gasteiger partial charge in [-0.3, -0.25) is 4.79 Å². The third-order valence-corrected chi connectivity index (χ3v) is 4.33. The number of anilines is 2. The average molecular weight is 324 g/mol. The molecule has 124 valence electrons. The number of nitrogens with one attached hydrogen (secondary N) is 2. The fourth-order valence-electron chi connectivity index (χ4n) is 2.99. The molecule has 4 rings (SSSR count). The van der Waals surface area contributed by atoms with Crippen LogP contribution in [0.1, 0.15) is 18.1 Å². The van der Waals surface area contributed by atoms with E-state index < -0.39 is 12.0 Å². The third kappa shape index (κ3) is 3.40. The molecule has 2 heterocycles. The molecule has 0 fully saturated rings. The molecule has 2 unspecified atom stereocenters. The number of carboxylic acids is 1. The molecule has 0 aliphatic carbocycles. The zero-order valence-electron chi connectivity index (χ0n) is 13.5. The van der Waals surface area contributed by atoms with Crippen molar-refractivity contribution in [1.82, 2.24) is 0 Å². The van der Waals surface area contributed by atoms with Gasteiger partial charge in [0.05, 0.1) is 6.04 Å². The molecule has 5 nitrogen and oxygen atoms in total. The maximum Gasteiger partial charge on any atom is 0.326 e. The summed E-state index contributed by atoms with van der Waals surface area (Å²) in [6, 6.07) is 15.3.